The van der Waals surface area contributed by atoms with Crippen LogP contribution in [0.15, 0.2) is 12.1 Å². The lowest BCUT2D eigenvalue weighted by molar-refractivity contribution is 0.354. The van der Waals surface area contributed by atoms with Crippen molar-refractivity contribution in [3.8, 4) is 5.75 Å². The highest BCUT2D eigenvalue weighted by atomic mass is 19.1. The molecule has 0 aromatic heterocycles. The van der Waals surface area contributed by atoms with Gasteiger partial charge >= 0.3 is 0 Å². The van der Waals surface area contributed by atoms with Gasteiger partial charge in [0.25, 0.3) is 0 Å². The summed E-state index contributed by atoms with van der Waals surface area (Å²) >= 11 is 0. The first-order valence-electron chi connectivity index (χ1n) is 4.70. The molecule has 0 bridgehead atoms. The molecule has 0 fully saturated rings. The zero-order chi connectivity index (χ0) is 9.84. The van der Waals surface area contributed by atoms with Crippen molar-refractivity contribution < 1.29 is 9.13 Å². The van der Waals surface area contributed by atoms with Crippen LogP contribution in [0.4, 0.5) is 4.39 Å². The molecule has 1 nitrogen and oxygen atoms in total. The predicted octanol–water partition coefficient (Wildman–Crippen LogP) is 3.10. The van der Waals surface area contributed by atoms with Crippen molar-refractivity contribution in [3.63, 3.8) is 0 Å². The van der Waals surface area contributed by atoms with E-state index in [0.717, 1.165) is 16.9 Å². The second-order valence-electron chi connectivity index (χ2n) is 2.77. The topological polar surface area (TPSA) is 9.23 Å². The van der Waals surface area contributed by atoms with E-state index < -0.39 is 0 Å². The lowest BCUT2D eigenvalue weighted by atomic mass is 10.1. The fourth-order valence-corrected chi connectivity index (χ4v) is 1.41. The molecule has 1 aromatic rings. The quantitative estimate of drug-likeness (QED) is 0.599. The van der Waals surface area contributed by atoms with E-state index in [9.17, 15) is 4.39 Å². The van der Waals surface area contributed by atoms with Crippen molar-refractivity contribution in [3.05, 3.63) is 29.1 Å². The number of benzene rings is 1. The lowest BCUT2D eigenvalue weighted by Crippen LogP contribution is -1.87. The zero-order valence-electron chi connectivity index (χ0n) is 8.36. The minimum absolute atomic E-state index is 0.136. The number of hydrogen-bond donors (Lipinski definition) is 0. The van der Waals surface area contributed by atoms with Gasteiger partial charge in [-0.1, -0.05) is 19.9 Å². The number of ether oxygens (including phenoxy) is 1. The van der Waals surface area contributed by atoms with Gasteiger partial charge in [0, 0.05) is 12.0 Å². The summed E-state index contributed by atoms with van der Waals surface area (Å²) in [6.45, 7) is 6.56. The molecule has 2 rings (SSSR count). The van der Waals surface area contributed by atoms with Gasteiger partial charge in [0.15, 0.2) is 0 Å². The Balaban J connectivity index is 0.000000396. The summed E-state index contributed by atoms with van der Waals surface area (Å²) < 4.78 is 18.3. The first kappa shape index (κ1) is 10.0. The molecule has 0 unspecified atom stereocenters. The van der Waals surface area contributed by atoms with E-state index in [4.69, 9.17) is 4.74 Å². The number of aryl methyl sites for hydroxylation is 1. The van der Waals surface area contributed by atoms with E-state index in [1.165, 1.54) is 6.07 Å². The first-order valence-corrected chi connectivity index (χ1v) is 4.70. The predicted molar refractivity (Wildman–Crippen MR) is 51.7 cm³/mol. The molecular weight excluding hydrogens is 167 g/mol. The molecule has 72 valence electrons. The van der Waals surface area contributed by atoms with E-state index >= 15 is 0 Å². The van der Waals surface area contributed by atoms with Gasteiger partial charge in [-0.2, -0.15) is 0 Å². The molecular formula is C11H15FO. The summed E-state index contributed by atoms with van der Waals surface area (Å²) in [5, 5.41) is 0. The van der Waals surface area contributed by atoms with Crippen molar-refractivity contribution in [1.82, 2.24) is 0 Å². The molecule has 0 amide bonds. The maximum absolute atomic E-state index is 13.0. The van der Waals surface area contributed by atoms with Gasteiger partial charge in [-0.05, 0) is 18.6 Å². The first-order chi connectivity index (χ1) is 6.29. The SMILES string of the molecule is CC.Cc1ccc(F)c2c1OCC2. The number of hydrogen-bond acceptors (Lipinski definition) is 1. The summed E-state index contributed by atoms with van der Waals surface area (Å²) in [4.78, 5) is 0. The van der Waals surface area contributed by atoms with Crippen molar-refractivity contribution in [2.75, 3.05) is 6.61 Å². The van der Waals surface area contributed by atoms with E-state index in [-0.39, 0.29) is 5.82 Å². The average molecular weight is 182 g/mol. The highest BCUT2D eigenvalue weighted by Gasteiger charge is 2.17. The number of halogens is 1. The third kappa shape index (κ3) is 1.82. The van der Waals surface area contributed by atoms with Crippen LogP contribution < -0.4 is 4.74 Å². The third-order valence-corrected chi connectivity index (χ3v) is 2.00. The van der Waals surface area contributed by atoms with Gasteiger partial charge < -0.3 is 4.74 Å². The summed E-state index contributed by atoms with van der Waals surface area (Å²) in [6, 6.07) is 3.25. The number of rotatable bonds is 0. The van der Waals surface area contributed by atoms with Crippen LogP contribution >= 0.6 is 0 Å². The second-order valence-corrected chi connectivity index (χ2v) is 2.77. The maximum atomic E-state index is 13.0. The Kier molecular flexibility index (Phi) is 3.29. The van der Waals surface area contributed by atoms with E-state index in [2.05, 4.69) is 0 Å². The van der Waals surface area contributed by atoms with Crippen LogP contribution in [0.5, 0.6) is 5.75 Å². The fraction of sp³-hybridized carbons (Fsp3) is 0.455. The third-order valence-electron chi connectivity index (χ3n) is 2.00. The molecule has 0 saturated heterocycles. The molecule has 0 N–H and O–H groups in total. The van der Waals surface area contributed by atoms with E-state index in [1.54, 1.807) is 6.07 Å². The van der Waals surface area contributed by atoms with Gasteiger partial charge in [0.2, 0.25) is 0 Å². The molecule has 1 aliphatic rings. The van der Waals surface area contributed by atoms with Gasteiger partial charge in [-0.3, -0.25) is 0 Å². The van der Waals surface area contributed by atoms with Gasteiger partial charge in [0.1, 0.15) is 11.6 Å². The second kappa shape index (κ2) is 4.26. The summed E-state index contributed by atoms with van der Waals surface area (Å²) in [7, 11) is 0. The highest BCUT2D eigenvalue weighted by molar-refractivity contribution is 5.43. The van der Waals surface area contributed by atoms with Crippen LogP contribution in [0.3, 0.4) is 0 Å². The normalized spacial score (nSPS) is 12.6. The summed E-state index contributed by atoms with van der Waals surface area (Å²) in [5.74, 6) is 0.619. The Morgan fingerprint density at radius 3 is 2.62 bits per heavy atom. The van der Waals surface area contributed by atoms with Crippen LogP contribution in [0.25, 0.3) is 0 Å². The Labute approximate surface area is 78.5 Å². The van der Waals surface area contributed by atoms with Gasteiger partial charge in [0.05, 0.1) is 6.61 Å². The molecule has 0 saturated carbocycles. The minimum Gasteiger partial charge on any atom is -0.493 e. The van der Waals surface area contributed by atoms with Crippen molar-refractivity contribution >= 4 is 0 Å². The van der Waals surface area contributed by atoms with E-state index in [1.807, 2.05) is 20.8 Å². The van der Waals surface area contributed by atoms with Crippen LogP contribution in [-0.2, 0) is 6.42 Å². The Bertz CT molecular complexity index is 265. The Morgan fingerprint density at radius 2 is 2.00 bits per heavy atom. The Hall–Kier alpha value is -1.05. The molecule has 0 atom stereocenters. The smallest absolute Gasteiger partial charge is 0.130 e. The van der Waals surface area contributed by atoms with Crippen LogP contribution in [0.1, 0.15) is 25.0 Å². The fourth-order valence-electron chi connectivity index (χ4n) is 1.41. The zero-order valence-corrected chi connectivity index (χ0v) is 8.36. The molecule has 1 heterocycles. The summed E-state index contributed by atoms with van der Waals surface area (Å²) in [6.07, 6.45) is 0.711. The Morgan fingerprint density at radius 1 is 1.31 bits per heavy atom. The van der Waals surface area contributed by atoms with Crippen LogP contribution in [0.2, 0.25) is 0 Å². The van der Waals surface area contributed by atoms with Gasteiger partial charge in [-0.15, -0.1) is 0 Å². The molecule has 0 spiro atoms. The highest BCUT2D eigenvalue weighted by Crippen LogP contribution is 2.30. The molecule has 1 aliphatic heterocycles. The molecule has 2 heteroatoms. The molecule has 1 aromatic carbocycles. The van der Waals surface area contributed by atoms with Crippen molar-refractivity contribution in [1.29, 1.82) is 0 Å². The average Bonchev–Trinajstić information content (AvgIpc) is 2.64. The standard InChI is InChI=1S/C9H9FO.C2H6/c1-6-2-3-8(10)7-4-5-11-9(6)7;1-2/h2-3H,4-5H2,1H3;1-2H3. The van der Waals surface area contributed by atoms with Gasteiger partial charge in [-0.25, -0.2) is 4.39 Å². The molecule has 13 heavy (non-hydrogen) atoms. The van der Waals surface area contributed by atoms with Crippen LogP contribution in [0, 0.1) is 12.7 Å². The van der Waals surface area contributed by atoms with E-state index in [0.29, 0.717) is 13.0 Å². The monoisotopic (exact) mass is 182 g/mol. The minimum atomic E-state index is -0.136. The largest absolute Gasteiger partial charge is 0.493 e. The molecule has 0 aliphatic carbocycles. The van der Waals surface area contributed by atoms with Crippen molar-refractivity contribution in [2.45, 2.75) is 27.2 Å². The summed E-state index contributed by atoms with van der Waals surface area (Å²) in [5.41, 5.74) is 1.77. The van der Waals surface area contributed by atoms with Crippen molar-refractivity contribution in [2.24, 2.45) is 0 Å². The number of fused-ring (bicyclic) bond motifs is 1. The molecule has 0 radical (unpaired) electrons. The maximum Gasteiger partial charge on any atom is 0.130 e. The van der Waals surface area contributed by atoms with Crippen LogP contribution in [-0.4, -0.2) is 6.61 Å². The lowest BCUT2D eigenvalue weighted by Gasteiger charge is -2.02.